The number of hydrogen-bond acceptors (Lipinski definition) is 7. The lowest BCUT2D eigenvalue weighted by Gasteiger charge is -2.14. The highest BCUT2D eigenvalue weighted by Crippen LogP contribution is 2.32. The van der Waals surface area contributed by atoms with Crippen LogP contribution in [0.2, 0.25) is 5.02 Å². The van der Waals surface area contributed by atoms with E-state index in [1.165, 1.54) is 17.1 Å². The summed E-state index contributed by atoms with van der Waals surface area (Å²) in [5, 5.41) is 23.0. The number of nitrogens with zero attached hydrogens (tertiary/aromatic N) is 7. The Labute approximate surface area is 213 Å². The molecule has 13 heteroatoms. The maximum absolute atomic E-state index is 13.3. The van der Waals surface area contributed by atoms with E-state index >= 15 is 0 Å². The third-order valence-electron chi connectivity index (χ3n) is 6.17. The van der Waals surface area contributed by atoms with E-state index < -0.39 is 6.09 Å². The normalized spacial score (nSPS) is 14.5. The van der Waals surface area contributed by atoms with Gasteiger partial charge in [-0.1, -0.05) is 23.7 Å². The van der Waals surface area contributed by atoms with E-state index in [0.717, 1.165) is 11.3 Å². The lowest BCUT2D eigenvalue weighted by molar-refractivity contribution is 0.209. The van der Waals surface area contributed by atoms with Crippen molar-refractivity contribution in [3.63, 3.8) is 0 Å². The number of rotatable bonds is 5. The Hall–Kier alpha value is -4.84. The van der Waals surface area contributed by atoms with Crippen molar-refractivity contribution in [3.8, 4) is 28.2 Å². The molecule has 3 aromatic heterocycles. The van der Waals surface area contributed by atoms with Gasteiger partial charge in [-0.3, -0.25) is 14.7 Å². The summed E-state index contributed by atoms with van der Waals surface area (Å²) in [6.45, 7) is 0. The van der Waals surface area contributed by atoms with Gasteiger partial charge in [-0.25, -0.2) is 14.8 Å². The van der Waals surface area contributed by atoms with Crippen LogP contribution < -0.4 is 10.9 Å². The van der Waals surface area contributed by atoms with Crippen LogP contribution in [-0.2, 0) is 6.42 Å². The van der Waals surface area contributed by atoms with E-state index in [1.807, 2.05) is 0 Å². The van der Waals surface area contributed by atoms with Crippen molar-refractivity contribution >= 4 is 23.4 Å². The number of hydrogen-bond donors (Lipinski definition) is 3. The van der Waals surface area contributed by atoms with Crippen LogP contribution in [0.15, 0.2) is 65.8 Å². The Morgan fingerprint density at radius 3 is 2.76 bits per heavy atom. The van der Waals surface area contributed by atoms with Crippen molar-refractivity contribution in [3.05, 3.63) is 88.1 Å². The van der Waals surface area contributed by atoms with Crippen LogP contribution >= 0.6 is 11.6 Å². The summed E-state index contributed by atoms with van der Waals surface area (Å²) >= 11 is 6.26. The molecule has 3 N–H and O–H groups in total. The molecule has 5 aromatic rings. The average molecular weight is 516 g/mol. The maximum Gasteiger partial charge on any atom is 0.409 e. The number of anilines is 1. The van der Waals surface area contributed by atoms with Gasteiger partial charge in [-0.15, -0.1) is 5.10 Å². The average Bonchev–Trinajstić information content (AvgIpc) is 3.65. The first-order chi connectivity index (χ1) is 18.0. The van der Waals surface area contributed by atoms with Gasteiger partial charge in [-0.2, -0.15) is 4.68 Å². The zero-order valence-corrected chi connectivity index (χ0v) is 19.8. The SMILES string of the molecule is O=C(O)Nc1ccc(-c2cnc([C@@H]3CCc4nc(-c5cc(Cl)ccc5-n5cnnn5)cc(=O)n43)[nH]2)cc1. The Kier molecular flexibility index (Phi) is 5.49. The number of aryl methyl sites for hydroxylation is 1. The van der Waals surface area contributed by atoms with Crippen LogP contribution in [0.3, 0.4) is 0 Å². The van der Waals surface area contributed by atoms with Gasteiger partial charge in [0.1, 0.15) is 18.0 Å². The molecule has 12 nitrogen and oxygen atoms in total. The van der Waals surface area contributed by atoms with Crippen LogP contribution in [-0.4, -0.2) is 50.9 Å². The van der Waals surface area contributed by atoms with Gasteiger partial charge >= 0.3 is 6.09 Å². The summed E-state index contributed by atoms with van der Waals surface area (Å²) in [4.78, 5) is 36.8. The smallest absolute Gasteiger partial charge is 0.409 e. The molecule has 0 radical (unpaired) electrons. The molecule has 1 atom stereocenters. The highest BCUT2D eigenvalue weighted by molar-refractivity contribution is 6.31. The molecule has 4 heterocycles. The summed E-state index contributed by atoms with van der Waals surface area (Å²) in [7, 11) is 0. The molecule has 0 bridgehead atoms. The highest BCUT2D eigenvalue weighted by Gasteiger charge is 2.29. The first-order valence-corrected chi connectivity index (χ1v) is 11.6. The van der Waals surface area contributed by atoms with Crippen molar-refractivity contribution < 1.29 is 9.90 Å². The second-order valence-electron chi connectivity index (χ2n) is 8.43. The fraction of sp³-hybridized carbons (Fsp3) is 0.125. The number of carboxylic acid groups (broad SMARTS) is 1. The molecule has 0 saturated heterocycles. The minimum absolute atomic E-state index is 0.202. The molecule has 0 spiro atoms. The monoisotopic (exact) mass is 515 g/mol. The van der Waals surface area contributed by atoms with Gasteiger partial charge in [0.05, 0.1) is 29.3 Å². The molecule has 2 aromatic carbocycles. The van der Waals surface area contributed by atoms with Crippen molar-refractivity contribution in [2.24, 2.45) is 0 Å². The van der Waals surface area contributed by atoms with E-state index in [1.54, 1.807) is 53.2 Å². The number of tetrazole rings is 1. The van der Waals surface area contributed by atoms with E-state index in [4.69, 9.17) is 21.7 Å². The van der Waals surface area contributed by atoms with Crippen LogP contribution in [0.5, 0.6) is 0 Å². The fourth-order valence-corrected chi connectivity index (χ4v) is 4.71. The number of nitrogens with one attached hydrogen (secondary N) is 2. The van der Waals surface area contributed by atoms with E-state index in [2.05, 4.69) is 30.8 Å². The van der Waals surface area contributed by atoms with Gasteiger partial charge in [0.15, 0.2) is 0 Å². The molecule has 1 aliphatic heterocycles. The van der Waals surface area contributed by atoms with Gasteiger partial charge in [-0.05, 0) is 52.7 Å². The van der Waals surface area contributed by atoms with Crippen LogP contribution in [0.1, 0.15) is 24.1 Å². The number of carbonyl (C=O) groups is 1. The Morgan fingerprint density at radius 2 is 2.00 bits per heavy atom. The van der Waals surface area contributed by atoms with Crippen molar-refractivity contribution in [2.75, 3.05) is 5.32 Å². The molecule has 1 aliphatic rings. The zero-order chi connectivity index (χ0) is 25.5. The molecular formula is C24H18ClN9O3. The zero-order valence-electron chi connectivity index (χ0n) is 19.0. The Balaban J connectivity index is 1.32. The molecule has 37 heavy (non-hydrogen) atoms. The molecule has 6 rings (SSSR count). The summed E-state index contributed by atoms with van der Waals surface area (Å²) in [6, 6.07) is 13.4. The summed E-state index contributed by atoms with van der Waals surface area (Å²) in [5.41, 5.74) is 3.65. The molecule has 0 unspecified atom stereocenters. The van der Waals surface area contributed by atoms with E-state index in [9.17, 15) is 9.59 Å². The van der Waals surface area contributed by atoms with Crippen molar-refractivity contribution in [1.29, 1.82) is 0 Å². The standard InChI is InChI=1S/C24H18ClN9O3/c25-14-3-6-19(33-12-27-31-32-33)16(9-14)17-10-22(35)34-20(7-8-21(34)29-17)23-26-11-18(30-23)13-1-4-15(5-2-13)28-24(36)37/h1-6,9-12,20,28H,7-8H2,(H,26,30)(H,36,37)/t20-/m0/s1. The number of H-pyrrole nitrogens is 1. The lowest BCUT2D eigenvalue weighted by Crippen LogP contribution is -2.25. The lowest BCUT2D eigenvalue weighted by atomic mass is 10.1. The van der Waals surface area contributed by atoms with Crippen molar-refractivity contribution in [2.45, 2.75) is 18.9 Å². The number of aromatic nitrogens is 8. The maximum atomic E-state index is 13.3. The molecule has 0 saturated carbocycles. The third kappa shape index (κ3) is 4.23. The number of aromatic amines is 1. The minimum atomic E-state index is -1.12. The largest absolute Gasteiger partial charge is 0.465 e. The summed E-state index contributed by atoms with van der Waals surface area (Å²) < 4.78 is 3.16. The number of halogens is 1. The number of imidazole rings is 1. The summed E-state index contributed by atoms with van der Waals surface area (Å²) in [6.07, 6.45) is 3.30. The van der Waals surface area contributed by atoms with E-state index in [-0.39, 0.29) is 11.6 Å². The predicted molar refractivity (Wildman–Crippen MR) is 134 cm³/mol. The third-order valence-corrected chi connectivity index (χ3v) is 6.40. The number of amides is 1. The van der Waals surface area contributed by atoms with Gasteiger partial charge in [0.2, 0.25) is 0 Å². The molecular weight excluding hydrogens is 498 g/mol. The number of benzene rings is 2. The van der Waals surface area contributed by atoms with Gasteiger partial charge in [0, 0.05) is 28.8 Å². The molecule has 184 valence electrons. The molecule has 0 aliphatic carbocycles. The van der Waals surface area contributed by atoms with Gasteiger partial charge in [0.25, 0.3) is 5.56 Å². The first-order valence-electron chi connectivity index (χ1n) is 11.3. The summed E-state index contributed by atoms with van der Waals surface area (Å²) in [5.74, 6) is 1.30. The Bertz CT molecular complexity index is 1680. The van der Waals surface area contributed by atoms with E-state index in [0.29, 0.717) is 52.1 Å². The topological polar surface area (TPSA) is 156 Å². The molecule has 1 amide bonds. The molecule has 0 fully saturated rings. The fourth-order valence-electron chi connectivity index (χ4n) is 4.53. The quantitative estimate of drug-likeness (QED) is 0.320. The highest BCUT2D eigenvalue weighted by atomic mass is 35.5. The van der Waals surface area contributed by atoms with Crippen LogP contribution in [0.4, 0.5) is 10.5 Å². The Morgan fingerprint density at radius 1 is 1.16 bits per heavy atom. The first kappa shape index (κ1) is 22.6. The van der Waals surface area contributed by atoms with Crippen LogP contribution in [0.25, 0.3) is 28.2 Å². The number of fused-ring (bicyclic) bond motifs is 1. The second-order valence-corrected chi connectivity index (χ2v) is 8.86. The predicted octanol–water partition coefficient (Wildman–Crippen LogP) is 3.56. The minimum Gasteiger partial charge on any atom is -0.465 e. The van der Waals surface area contributed by atoms with Crippen molar-refractivity contribution in [1.82, 2.24) is 39.7 Å². The second kappa shape index (κ2) is 8.99. The van der Waals surface area contributed by atoms with Crippen LogP contribution in [0, 0.1) is 0 Å². The van der Waals surface area contributed by atoms with Gasteiger partial charge < -0.3 is 10.1 Å².